The van der Waals surface area contributed by atoms with E-state index in [0.717, 1.165) is 4.90 Å². The van der Waals surface area contributed by atoms with Gasteiger partial charge in [0, 0.05) is 5.69 Å². The standard InChI is InChI=1S/C25H20F2N2O3/c1-15(2)32-19-13-7-16(8-14-19)22-23(28-18-11-9-17(26)10-12-18)25(31)29(24(22)30)21-6-4-3-5-20(21)27/h3-15,28H,1-2H3. The summed E-state index contributed by atoms with van der Waals surface area (Å²) in [5.74, 6) is -1.89. The van der Waals surface area contributed by atoms with Crippen LogP contribution in [0.5, 0.6) is 5.75 Å². The fourth-order valence-electron chi connectivity index (χ4n) is 3.42. The molecule has 0 radical (unpaired) electrons. The molecule has 0 aliphatic carbocycles. The molecule has 1 N–H and O–H groups in total. The van der Waals surface area contributed by atoms with Gasteiger partial charge in [0.25, 0.3) is 11.8 Å². The van der Waals surface area contributed by atoms with Crippen LogP contribution in [-0.4, -0.2) is 17.9 Å². The highest BCUT2D eigenvalue weighted by Crippen LogP contribution is 2.35. The van der Waals surface area contributed by atoms with Gasteiger partial charge in [0.15, 0.2) is 0 Å². The number of halogens is 2. The number of rotatable bonds is 6. The van der Waals surface area contributed by atoms with E-state index in [1.165, 1.54) is 42.5 Å². The lowest BCUT2D eigenvalue weighted by atomic mass is 10.0. The van der Waals surface area contributed by atoms with E-state index in [4.69, 9.17) is 4.74 Å². The van der Waals surface area contributed by atoms with Crippen molar-refractivity contribution in [2.45, 2.75) is 20.0 Å². The van der Waals surface area contributed by atoms with E-state index in [1.807, 2.05) is 13.8 Å². The number of anilines is 2. The minimum absolute atomic E-state index is 0.0256. The lowest BCUT2D eigenvalue weighted by Crippen LogP contribution is -2.33. The summed E-state index contributed by atoms with van der Waals surface area (Å²) in [6, 6.07) is 17.6. The maximum absolute atomic E-state index is 14.4. The fourth-order valence-corrected chi connectivity index (χ4v) is 3.42. The summed E-state index contributed by atoms with van der Waals surface area (Å²) in [6.45, 7) is 3.79. The molecule has 32 heavy (non-hydrogen) atoms. The predicted octanol–water partition coefficient (Wildman–Crippen LogP) is 5.15. The molecule has 1 aliphatic rings. The zero-order valence-corrected chi connectivity index (χ0v) is 17.4. The van der Waals surface area contributed by atoms with Gasteiger partial charge in [-0.1, -0.05) is 24.3 Å². The Hall–Kier alpha value is -4.00. The molecule has 4 rings (SSSR count). The molecule has 0 spiro atoms. The summed E-state index contributed by atoms with van der Waals surface area (Å²) in [6.07, 6.45) is -0.0259. The summed E-state index contributed by atoms with van der Waals surface area (Å²) in [5, 5.41) is 2.91. The third-order valence-corrected chi connectivity index (χ3v) is 4.81. The number of hydrogen-bond acceptors (Lipinski definition) is 4. The Morgan fingerprint density at radius 2 is 1.50 bits per heavy atom. The van der Waals surface area contributed by atoms with Crippen molar-refractivity contribution in [1.82, 2.24) is 0 Å². The molecule has 0 saturated heterocycles. The van der Waals surface area contributed by atoms with Crippen LogP contribution < -0.4 is 15.0 Å². The molecule has 3 aromatic rings. The van der Waals surface area contributed by atoms with Crippen LogP contribution in [0.1, 0.15) is 19.4 Å². The average molecular weight is 434 g/mol. The van der Waals surface area contributed by atoms with E-state index in [0.29, 0.717) is 17.0 Å². The predicted molar refractivity (Wildman–Crippen MR) is 118 cm³/mol. The van der Waals surface area contributed by atoms with Crippen LogP contribution in [0.3, 0.4) is 0 Å². The molecule has 0 bridgehead atoms. The lowest BCUT2D eigenvalue weighted by Gasteiger charge is -2.16. The van der Waals surface area contributed by atoms with E-state index in [2.05, 4.69) is 5.32 Å². The number of nitrogens with zero attached hydrogens (tertiary/aromatic N) is 1. The highest BCUT2D eigenvalue weighted by Gasteiger charge is 2.41. The summed E-state index contributed by atoms with van der Waals surface area (Å²) >= 11 is 0. The highest BCUT2D eigenvalue weighted by molar-refractivity contribution is 6.46. The third kappa shape index (κ3) is 4.09. The number of amides is 2. The van der Waals surface area contributed by atoms with Gasteiger partial charge >= 0.3 is 0 Å². The smallest absolute Gasteiger partial charge is 0.282 e. The maximum Gasteiger partial charge on any atom is 0.282 e. The first kappa shape index (κ1) is 21.2. The first-order valence-electron chi connectivity index (χ1n) is 10.0. The van der Waals surface area contributed by atoms with Gasteiger partial charge in [0.1, 0.15) is 23.1 Å². The number of para-hydroxylation sites is 1. The van der Waals surface area contributed by atoms with E-state index < -0.39 is 23.4 Å². The van der Waals surface area contributed by atoms with Gasteiger partial charge in [0.05, 0.1) is 17.4 Å². The third-order valence-electron chi connectivity index (χ3n) is 4.81. The number of ether oxygens (including phenoxy) is 1. The summed E-state index contributed by atoms with van der Waals surface area (Å²) in [4.78, 5) is 27.4. The highest BCUT2D eigenvalue weighted by atomic mass is 19.1. The van der Waals surface area contributed by atoms with Gasteiger partial charge < -0.3 is 10.1 Å². The van der Waals surface area contributed by atoms with Gasteiger partial charge in [-0.25, -0.2) is 13.7 Å². The molecule has 3 aromatic carbocycles. The van der Waals surface area contributed by atoms with Gasteiger partial charge in [-0.15, -0.1) is 0 Å². The molecule has 0 unspecified atom stereocenters. The topological polar surface area (TPSA) is 58.6 Å². The van der Waals surface area contributed by atoms with E-state index in [-0.39, 0.29) is 23.1 Å². The Labute approximate surface area is 183 Å². The van der Waals surface area contributed by atoms with Crippen molar-refractivity contribution < 1.29 is 23.1 Å². The Kier molecular flexibility index (Phi) is 5.73. The normalized spacial score (nSPS) is 13.8. The van der Waals surface area contributed by atoms with Crippen LogP contribution in [-0.2, 0) is 9.59 Å². The molecule has 5 nitrogen and oxygen atoms in total. The largest absolute Gasteiger partial charge is 0.491 e. The van der Waals surface area contributed by atoms with Crippen molar-refractivity contribution in [3.05, 3.63) is 95.7 Å². The second-order valence-electron chi connectivity index (χ2n) is 7.47. The quantitative estimate of drug-likeness (QED) is 0.546. The van der Waals surface area contributed by atoms with Gasteiger partial charge in [-0.3, -0.25) is 9.59 Å². The van der Waals surface area contributed by atoms with E-state index >= 15 is 0 Å². The molecule has 7 heteroatoms. The minimum Gasteiger partial charge on any atom is -0.491 e. The molecule has 1 aliphatic heterocycles. The first-order valence-corrected chi connectivity index (χ1v) is 10.0. The van der Waals surface area contributed by atoms with Crippen molar-refractivity contribution in [2.24, 2.45) is 0 Å². The number of imide groups is 1. The number of carbonyl (C=O) groups is 2. The zero-order chi connectivity index (χ0) is 22.8. The Morgan fingerprint density at radius 1 is 0.844 bits per heavy atom. The van der Waals surface area contributed by atoms with Crippen molar-refractivity contribution in [3.63, 3.8) is 0 Å². The number of hydrogen-bond donors (Lipinski definition) is 1. The SMILES string of the molecule is CC(C)Oc1ccc(C2=C(Nc3ccc(F)cc3)C(=O)N(c3ccccc3F)C2=O)cc1. The van der Waals surface area contributed by atoms with Crippen LogP contribution in [0.2, 0.25) is 0 Å². The van der Waals surface area contributed by atoms with Crippen LogP contribution in [0.25, 0.3) is 5.57 Å². The molecule has 1 heterocycles. The van der Waals surface area contributed by atoms with Crippen molar-refractivity contribution in [1.29, 1.82) is 0 Å². The molecule has 0 aromatic heterocycles. The molecular weight excluding hydrogens is 414 g/mol. The molecule has 0 atom stereocenters. The maximum atomic E-state index is 14.4. The molecule has 2 amide bonds. The molecular formula is C25H20F2N2O3. The molecule has 0 fully saturated rings. The lowest BCUT2D eigenvalue weighted by molar-refractivity contribution is -0.120. The van der Waals surface area contributed by atoms with Crippen LogP contribution >= 0.6 is 0 Å². The Balaban J connectivity index is 1.79. The van der Waals surface area contributed by atoms with Gasteiger partial charge in [0.2, 0.25) is 0 Å². The van der Waals surface area contributed by atoms with Crippen LogP contribution in [0, 0.1) is 11.6 Å². The van der Waals surface area contributed by atoms with Gasteiger partial charge in [-0.2, -0.15) is 0 Å². The second kappa shape index (κ2) is 8.63. The number of benzene rings is 3. The molecule has 0 saturated carbocycles. The first-order chi connectivity index (χ1) is 15.3. The second-order valence-corrected chi connectivity index (χ2v) is 7.47. The van der Waals surface area contributed by atoms with E-state index in [9.17, 15) is 18.4 Å². The zero-order valence-electron chi connectivity index (χ0n) is 17.4. The fraction of sp³-hybridized carbons (Fsp3) is 0.120. The molecule has 162 valence electrons. The summed E-state index contributed by atoms with van der Waals surface area (Å²) in [5.41, 5.74) is 0.787. The average Bonchev–Trinajstić information content (AvgIpc) is 3.00. The number of nitrogens with one attached hydrogen (secondary N) is 1. The summed E-state index contributed by atoms with van der Waals surface area (Å²) < 4.78 is 33.4. The Morgan fingerprint density at radius 3 is 2.12 bits per heavy atom. The summed E-state index contributed by atoms with van der Waals surface area (Å²) in [7, 11) is 0. The van der Waals surface area contributed by atoms with Crippen molar-refractivity contribution in [2.75, 3.05) is 10.2 Å². The Bertz CT molecular complexity index is 1200. The van der Waals surface area contributed by atoms with Gasteiger partial charge in [-0.05, 0) is 67.9 Å². The van der Waals surface area contributed by atoms with Crippen molar-refractivity contribution >= 4 is 28.8 Å². The monoisotopic (exact) mass is 434 g/mol. The van der Waals surface area contributed by atoms with Crippen molar-refractivity contribution in [3.8, 4) is 5.75 Å². The minimum atomic E-state index is -0.707. The number of carbonyl (C=O) groups excluding carboxylic acids is 2. The van der Waals surface area contributed by atoms with E-state index in [1.54, 1.807) is 30.3 Å². The van der Waals surface area contributed by atoms with Crippen LogP contribution in [0.4, 0.5) is 20.2 Å². The van der Waals surface area contributed by atoms with Crippen LogP contribution in [0.15, 0.2) is 78.5 Å².